The Morgan fingerprint density at radius 2 is 1.87 bits per heavy atom. The van der Waals surface area contributed by atoms with Crippen LogP contribution < -0.4 is 5.32 Å². The summed E-state index contributed by atoms with van der Waals surface area (Å²) in [7, 11) is 0. The van der Waals surface area contributed by atoms with Crippen LogP contribution in [-0.4, -0.2) is 11.9 Å². The predicted octanol–water partition coefficient (Wildman–Crippen LogP) is 4.68. The summed E-state index contributed by atoms with van der Waals surface area (Å²) in [5.41, 5.74) is 2.63. The number of amides is 1. The summed E-state index contributed by atoms with van der Waals surface area (Å²) in [6.45, 7) is 6.62. The summed E-state index contributed by atoms with van der Waals surface area (Å²) in [6, 6.07) is 9.07. The van der Waals surface area contributed by atoms with Gasteiger partial charge in [-0.25, -0.2) is 0 Å². The lowest BCUT2D eigenvalue weighted by Gasteiger charge is -2.28. The number of benzene rings is 1. The van der Waals surface area contributed by atoms with Crippen molar-refractivity contribution in [2.45, 2.75) is 71.3 Å². The fourth-order valence-electron chi connectivity index (χ4n) is 4.67. The first-order valence-corrected chi connectivity index (χ1v) is 9.41. The molecule has 1 amide bonds. The summed E-state index contributed by atoms with van der Waals surface area (Å²) < 4.78 is 0. The monoisotopic (exact) mass is 313 g/mol. The molecule has 0 radical (unpaired) electrons. The third-order valence-corrected chi connectivity index (χ3v) is 6.11. The van der Waals surface area contributed by atoms with Crippen LogP contribution in [-0.2, 0) is 11.2 Å². The van der Waals surface area contributed by atoms with Gasteiger partial charge in [-0.2, -0.15) is 0 Å². The largest absolute Gasteiger partial charge is 0.353 e. The van der Waals surface area contributed by atoms with Crippen molar-refractivity contribution in [3.05, 3.63) is 35.4 Å². The van der Waals surface area contributed by atoms with Crippen molar-refractivity contribution in [3.63, 3.8) is 0 Å². The van der Waals surface area contributed by atoms with E-state index in [2.05, 4.69) is 50.4 Å². The van der Waals surface area contributed by atoms with Gasteiger partial charge in [-0.3, -0.25) is 4.79 Å². The molecule has 23 heavy (non-hydrogen) atoms. The van der Waals surface area contributed by atoms with Gasteiger partial charge in [-0.15, -0.1) is 0 Å². The van der Waals surface area contributed by atoms with Crippen molar-refractivity contribution in [1.29, 1.82) is 0 Å². The Hall–Kier alpha value is -1.31. The molecule has 0 heterocycles. The average molecular weight is 313 g/mol. The number of carbonyl (C=O) groups excluding carboxylic acids is 1. The number of carbonyl (C=O) groups is 1. The molecule has 2 fully saturated rings. The quantitative estimate of drug-likeness (QED) is 0.811. The first-order chi connectivity index (χ1) is 11.0. The predicted molar refractivity (Wildman–Crippen MR) is 95.4 cm³/mol. The number of hydrogen-bond acceptors (Lipinski definition) is 1. The second kappa shape index (κ2) is 7.07. The van der Waals surface area contributed by atoms with E-state index in [1.54, 1.807) is 0 Å². The van der Waals surface area contributed by atoms with Gasteiger partial charge in [0.15, 0.2) is 0 Å². The molecule has 2 nitrogen and oxygen atoms in total. The summed E-state index contributed by atoms with van der Waals surface area (Å²) in [5, 5.41) is 3.27. The highest BCUT2D eigenvalue weighted by molar-refractivity contribution is 5.76. The van der Waals surface area contributed by atoms with Gasteiger partial charge in [-0.1, -0.05) is 44.5 Å². The van der Waals surface area contributed by atoms with E-state index in [1.807, 2.05) is 0 Å². The van der Waals surface area contributed by atoms with Gasteiger partial charge in [0.1, 0.15) is 0 Å². The van der Waals surface area contributed by atoms with Crippen LogP contribution in [0.3, 0.4) is 0 Å². The van der Waals surface area contributed by atoms with E-state index in [0.29, 0.717) is 18.4 Å². The van der Waals surface area contributed by atoms with Crippen molar-refractivity contribution in [2.75, 3.05) is 0 Å². The van der Waals surface area contributed by atoms with E-state index in [-0.39, 0.29) is 5.91 Å². The van der Waals surface area contributed by atoms with Crippen LogP contribution in [0.15, 0.2) is 24.3 Å². The molecule has 2 aliphatic rings. The minimum Gasteiger partial charge on any atom is -0.353 e. The molecule has 1 aromatic rings. The van der Waals surface area contributed by atoms with Crippen LogP contribution in [0.25, 0.3) is 0 Å². The minimum absolute atomic E-state index is 0.216. The average Bonchev–Trinajstić information content (AvgIpc) is 3.16. The molecule has 0 spiro atoms. The Labute approximate surface area is 141 Å². The second-order valence-electron chi connectivity index (χ2n) is 8.09. The lowest BCUT2D eigenvalue weighted by atomic mass is 9.84. The van der Waals surface area contributed by atoms with Crippen molar-refractivity contribution < 1.29 is 4.79 Å². The third kappa shape index (κ3) is 3.97. The van der Waals surface area contributed by atoms with Crippen LogP contribution in [0.2, 0.25) is 0 Å². The van der Waals surface area contributed by atoms with Crippen LogP contribution in [0.1, 0.15) is 69.9 Å². The molecule has 2 aliphatic carbocycles. The summed E-state index contributed by atoms with van der Waals surface area (Å²) >= 11 is 0. The van der Waals surface area contributed by atoms with Crippen LogP contribution in [0, 0.1) is 17.8 Å². The Morgan fingerprint density at radius 3 is 2.43 bits per heavy atom. The first kappa shape index (κ1) is 16.5. The van der Waals surface area contributed by atoms with Gasteiger partial charge in [0.05, 0.1) is 0 Å². The number of fused-ring (bicyclic) bond motifs is 2. The summed E-state index contributed by atoms with van der Waals surface area (Å²) in [6.07, 6.45) is 7.00. The minimum atomic E-state index is 0.216. The topological polar surface area (TPSA) is 29.1 Å². The smallest absolute Gasteiger partial charge is 0.220 e. The van der Waals surface area contributed by atoms with Gasteiger partial charge < -0.3 is 5.32 Å². The van der Waals surface area contributed by atoms with Crippen LogP contribution in [0.4, 0.5) is 0 Å². The lowest BCUT2D eigenvalue weighted by Crippen LogP contribution is -2.40. The highest BCUT2D eigenvalue weighted by Crippen LogP contribution is 2.49. The van der Waals surface area contributed by atoms with Crippen molar-refractivity contribution in [1.82, 2.24) is 5.32 Å². The number of nitrogens with one attached hydrogen (secondary N) is 1. The first-order valence-electron chi connectivity index (χ1n) is 9.41. The van der Waals surface area contributed by atoms with Gasteiger partial charge in [-0.05, 0) is 67.4 Å². The third-order valence-electron chi connectivity index (χ3n) is 6.11. The second-order valence-corrected chi connectivity index (χ2v) is 8.09. The maximum atomic E-state index is 12.3. The molecule has 2 heteroatoms. The van der Waals surface area contributed by atoms with E-state index in [9.17, 15) is 4.79 Å². The molecule has 0 aromatic heterocycles. The molecule has 1 aromatic carbocycles. The zero-order valence-electron chi connectivity index (χ0n) is 14.8. The number of rotatable bonds is 6. The standard InChI is InChI=1S/C21H31NO/c1-14(2)18-8-4-16(5-9-18)7-11-21(23)22-15(3)20-13-17-6-10-19(20)12-17/h4-5,8-9,14-15,17,19-20H,6-7,10-13H2,1-3H3,(H,22,23)/t15-,17+,19+,20-/m0/s1. The lowest BCUT2D eigenvalue weighted by molar-refractivity contribution is -0.122. The Morgan fingerprint density at radius 1 is 1.13 bits per heavy atom. The van der Waals surface area contributed by atoms with E-state index in [1.165, 1.54) is 36.8 Å². The Kier molecular flexibility index (Phi) is 5.08. The molecule has 0 unspecified atom stereocenters. The summed E-state index contributed by atoms with van der Waals surface area (Å²) in [4.78, 5) is 12.3. The normalized spacial score (nSPS) is 27.4. The van der Waals surface area contributed by atoms with Gasteiger partial charge >= 0.3 is 0 Å². The highest BCUT2D eigenvalue weighted by Gasteiger charge is 2.41. The maximum Gasteiger partial charge on any atom is 0.220 e. The zero-order chi connectivity index (χ0) is 16.4. The van der Waals surface area contributed by atoms with Gasteiger partial charge in [0.25, 0.3) is 0 Å². The molecule has 3 rings (SSSR count). The molecule has 126 valence electrons. The Balaban J connectivity index is 1.44. The molecular formula is C21H31NO. The highest BCUT2D eigenvalue weighted by atomic mass is 16.1. The van der Waals surface area contributed by atoms with E-state index < -0.39 is 0 Å². The van der Waals surface area contributed by atoms with Crippen molar-refractivity contribution >= 4 is 5.91 Å². The molecule has 0 aliphatic heterocycles. The van der Waals surface area contributed by atoms with Gasteiger partial charge in [0, 0.05) is 12.5 Å². The fraction of sp³-hybridized carbons (Fsp3) is 0.667. The van der Waals surface area contributed by atoms with E-state index in [0.717, 1.165) is 24.2 Å². The van der Waals surface area contributed by atoms with Crippen molar-refractivity contribution in [3.8, 4) is 0 Å². The van der Waals surface area contributed by atoms with Gasteiger partial charge in [0.2, 0.25) is 5.91 Å². The molecule has 4 atom stereocenters. The zero-order valence-corrected chi connectivity index (χ0v) is 14.8. The molecule has 2 bridgehead atoms. The molecular weight excluding hydrogens is 282 g/mol. The van der Waals surface area contributed by atoms with E-state index in [4.69, 9.17) is 0 Å². The number of hydrogen-bond donors (Lipinski definition) is 1. The van der Waals surface area contributed by atoms with Crippen LogP contribution in [0.5, 0.6) is 0 Å². The maximum absolute atomic E-state index is 12.3. The summed E-state index contributed by atoms with van der Waals surface area (Å²) in [5.74, 6) is 3.33. The van der Waals surface area contributed by atoms with Crippen molar-refractivity contribution in [2.24, 2.45) is 17.8 Å². The molecule has 2 saturated carbocycles. The number of aryl methyl sites for hydroxylation is 1. The SMILES string of the molecule is CC(C)c1ccc(CCC(=O)N[C@@H](C)[C@@H]2C[C@@H]3CC[C@@H]2C3)cc1. The molecule has 0 saturated heterocycles. The molecule has 1 N–H and O–H groups in total. The fourth-order valence-corrected chi connectivity index (χ4v) is 4.67. The van der Waals surface area contributed by atoms with E-state index >= 15 is 0 Å². The Bertz CT molecular complexity index is 533. The van der Waals surface area contributed by atoms with Crippen LogP contribution >= 0.6 is 0 Å².